The van der Waals surface area contributed by atoms with Gasteiger partial charge < -0.3 is 14.5 Å². The fraction of sp³-hybridized carbons (Fsp3) is 0.222. The van der Waals surface area contributed by atoms with Crippen LogP contribution in [0.3, 0.4) is 0 Å². The maximum Gasteiger partial charge on any atom is 0.298 e. The lowest BCUT2D eigenvalue weighted by molar-refractivity contribution is 0.0732. The van der Waals surface area contributed by atoms with Crippen molar-refractivity contribution in [1.29, 1.82) is 0 Å². The first-order valence-electron chi connectivity index (χ1n) is 11.3. The quantitative estimate of drug-likeness (QED) is 0.303. The lowest BCUT2D eigenvalue weighted by Crippen LogP contribution is -2.36. The summed E-state index contributed by atoms with van der Waals surface area (Å²) in [5, 5.41) is 0.415. The number of hydrogen-bond donors (Lipinski definition) is 0. The van der Waals surface area contributed by atoms with Gasteiger partial charge in [0.1, 0.15) is 11.6 Å². The maximum atomic E-state index is 13.3. The normalized spacial score (nSPS) is 11.0. The van der Waals surface area contributed by atoms with Crippen LogP contribution in [0, 0.1) is 5.82 Å². The number of ether oxygens (including phenoxy) is 1. The third-order valence-electron chi connectivity index (χ3n) is 5.35. The number of carbonyl (C=O) groups is 1. The fourth-order valence-corrected chi connectivity index (χ4v) is 4.03. The summed E-state index contributed by atoms with van der Waals surface area (Å²) in [6.45, 7) is 1.95. The standard InChI is InChI=1S/C27H27FN4O2S/c1-31(2)16-17-32(19-21-6-4-3-5-7-21)26(33)22-10-14-24(15-11-22)34-27-29-25(30-35-27)18-20-8-12-23(28)13-9-20/h3-15H,16-19H2,1-2H3. The first kappa shape index (κ1) is 24.5. The van der Waals surface area contributed by atoms with E-state index in [1.165, 1.54) is 12.1 Å². The van der Waals surface area contributed by atoms with Gasteiger partial charge in [-0.15, -0.1) is 0 Å². The van der Waals surface area contributed by atoms with E-state index < -0.39 is 0 Å². The number of hydrogen-bond acceptors (Lipinski definition) is 6. The zero-order chi connectivity index (χ0) is 24.6. The van der Waals surface area contributed by atoms with Crippen LogP contribution in [0.2, 0.25) is 0 Å². The molecule has 3 aromatic carbocycles. The van der Waals surface area contributed by atoms with Crippen molar-refractivity contribution < 1.29 is 13.9 Å². The van der Waals surface area contributed by atoms with Crippen molar-refractivity contribution in [3.05, 3.63) is 107 Å². The monoisotopic (exact) mass is 490 g/mol. The molecule has 0 radical (unpaired) electrons. The van der Waals surface area contributed by atoms with Gasteiger partial charge in [0.15, 0.2) is 5.82 Å². The van der Waals surface area contributed by atoms with E-state index in [4.69, 9.17) is 4.74 Å². The van der Waals surface area contributed by atoms with Gasteiger partial charge >= 0.3 is 0 Å². The Kier molecular flexibility index (Phi) is 8.18. The van der Waals surface area contributed by atoms with Crippen LogP contribution in [0.4, 0.5) is 4.39 Å². The summed E-state index contributed by atoms with van der Waals surface area (Å²) in [4.78, 5) is 21.6. The third-order valence-corrected chi connectivity index (χ3v) is 5.98. The van der Waals surface area contributed by atoms with Crippen molar-refractivity contribution in [1.82, 2.24) is 19.2 Å². The molecule has 0 bridgehead atoms. The van der Waals surface area contributed by atoms with Crippen molar-refractivity contribution in [2.24, 2.45) is 0 Å². The molecular weight excluding hydrogens is 463 g/mol. The number of amides is 1. The topological polar surface area (TPSA) is 58.6 Å². The molecule has 4 rings (SSSR count). The first-order chi connectivity index (χ1) is 17.0. The average molecular weight is 491 g/mol. The molecule has 6 nitrogen and oxygen atoms in total. The van der Waals surface area contributed by atoms with E-state index in [0.717, 1.165) is 29.2 Å². The molecular formula is C27H27FN4O2S. The zero-order valence-electron chi connectivity index (χ0n) is 19.7. The molecule has 0 aliphatic heterocycles. The third kappa shape index (κ3) is 7.18. The second-order valence-corrected chi connectivity index (χ2v) is 9.14. The Morgan fingerprint density at radius 3 is 2.31 bits per heavy atom. The van der Waals surface area contributed by atoms with E-state index >= 15 is 0 Å². The van der Waals surface area contributed by atoms with Gasteiger partial charge in [-0.05, 0) is 61.6 Å². The van der Waals surface area contributed by atoms with Crippen LogP contribution >= 0.6 is 11.5 Å². The molecule has 1 aromatic heterocycles. The number of halogens is 1. The van der Waals surface area contributed by atoms with Crippen LogP contribution in [-0.2, 0) is 13.0 Å². The van der Waals surface area contributed by atoms with Gasteiger partial charge in [-0.2, -0.15) is 9.36 Å². The van der Waals surface area contributed by atoms with Gasteiger partial charge in [0.25, 0.3) is 11.1 Å². The summed E-state index contributed by atoms with van der Waals surface area (Å²) in [5.41, 5.74) is 2.61. The SMILES string of the molecule is CN(C)CCN(Cc1ccccc1)C(=O)c1ccc(Oc2nc(Cc3ccc(F)cc3)ns2)cc1. The highest BCUT2D eigenvalue weighted by atomic mass is 32.1. The highest BCUT2D eigenvalue weighted by Gasteiger charge is 2.17. The summed E-state index contributed by atoms with van der Waals surface area (Å²) >= 11 is 1.16. The Bertz CT molecular complexity index is 1230. The van der Waals surface area contributed by atoms with Gasteiger partial charge in [-0.1, -0.05) is 42.5 Å². The van der Waals surface area contributed by atoms with E-state index in [1.807, 2.05) is 49.3 Å². The summed E-state index contributed by atoms with van der Waals surface area (Å²) in [5.74, 6) is 0.890. The largest absolute Gasteiger partial charge is 0.430 e. The number of aromatic nitrogens is 2. The maximum absolute atomic E-state index is 13.3. The van der Waals surface area contributed by atoms with Crippen molar-refractivity contribution in [3.63, 3.8) is 0 Å². The zero-order valence-corrected chi connectivity index (χ0v) is 20.5. The molecule has 0 aliphatic rings. The van der Waals surface area contributed by atoms with Gasteiger partial charge in [-0.3, -0.25) is 4.79 Å². The number of carbonyl (C=O) groups excluding carboxylic acids is 1. The molecule has 8 heteroatoms. The molecule has 0 fully saturated rings. The summed E-state index contributed by atoms with van der Waals surface area (Å²) in [6.07, 6.45) is 0.498. The van der Waals surface area contributed by atoms with Crippen molar-refractivity contribution in [3.8, 4) is 10.9 Å². The number of likely N-dealkylation sites (N-methyl/N-ethyl adjacent to an activating group) is 1. The highest BCUT2D eigenvalue weighted by Crippen LogP contribution is 2.25. The van der Waals surface area contributed by atoms with Crippen molar-refractivity contribution in [2.45, 2.75) is 13.0 Å². The Morgan fingerprint density at radius 1 is 0.914 bits per heavy atom. The predicted octanol–water partition coefficient (Wildman–Crippen LogP) is 5.26. The molecule has 1 amide bonds. The molecule has 35 heavy (non-hydrogen) atoms. The van der Waals surface area contributed by atoms with Gasteiger partial charge in [0.2, 0.25) is 0 Å². The molecule has 180 valence electrons. The Morgan fingerprint density at radius 2 is 1.63 bits per heavy atom. The van der Waals surface area contributed by atoms with Crippen LogP contribution in [0.5, 0.6) is 10.9 Å². The van der Waals surface area contributed by atoms with Crippen molar-refractivity contribution >= 4 is 17.4 Å². The Hall–Kier alpha value is -3.62. The van der Waals surface area contributed by atoms with Crippen LogP contribution < -0.4 is 4.74 Å². The summed E-state index contributed by atoms with van der Waals surface area (Å²) in [7, 11) is 3.99. The highest BCUT2D eigenvalue weighted by molar-refractivity contribution is 7.07. The molecule has 0 saturated heterocycles. The predicted molar refractivity (Wildman–Crippen MR) is 135 cm³/mol. The van der Waals surface area contributed by atoms with E-state index in [0.29, 0.717) is 41.8 Å². The van der Waals surface area contributed by atoms with Gasteiger partial charge in [0, 0.05) is 43.2 Å². The van der Waals surface area contributed by atoms with Gasteiger partial charge in [-0.25, -0.2) is 4.39 Å². The van der Waals surface area contributed by atoms with Crippen LogP contribution in [0.25, 0.3) is 0 Å². The lowest BCUT2D eigenvalue weighted by Gasteiger charge is -2.25. The fourth-order valence-electron chi connectivity index (χ4n) is 3.46. The van der Waals surface area contributed by atoms with E-state index in [-0.39, 0.29) is 11.7 Å². The van der Waals surface area contributed by atoms with E-state index in [1.54, 1.807) is 36.4 Å². The molecule has 0 spiro atoms. The lowest BCUT2D eigenvalue weighted by atomic mass is 10.1. The minimum absolute atomic E-state index is 0.0280. The molecule has 4 aromatic rings. The van der Waals surface area contributed by atoms with Crippen LogP contribution in [-0.4, -0.2) is 52.2 Å². The van der Waals surface area contributed by atoms with Crippen LogP contribution in [0.1, 0.15) is 27.3 Å². The van der Waals surface area contributed by atoms with E-state index in [2.05, 4.69) is 14.3 Å². The Balaban J connectivity index is 1.40. The van der Waals surface area contributed by atoms with Gasteiger partial charge in [0.05, 0.1) is 0 Å². The second kappa shape index (κ2) is 11.7. The summed E-state index contributed by atoms with van der Waals surface area (Å²) < 4.78 is 23.2. The number of nitrogens with zero attached hydrogens (tertiary/aromatic N) is 4. The summed E-state index contributed by atoms with van der Waals surface area (Å²) in [6, 6.07) is 23.3. The molecule has 0 N–H and O–H groups in total. The Labute approximate surface area is 208 Å². The molecule has 0 saturated carbocycles. The number of benzene rings is 3. The minimum Gasteiger partial charge on any atom is -0.430 e. The molecule has 0 atom stereocenters. The van der Waals surface area contributed by atoms with E-state index in [9.17, 15) is 9.18 Å². The van der Waals surface area contributed by atoms with Crippen molar-refractivity contribution in [2.75, 3.05) is 27.2 Å². The number of rotatable bonds is 10. The molecule has 0 aliphatic carbocycles. The average Bonchev–Trinajstić information content (AvgIpc) is 3.30. The van der Waals surface area contributed by atoms with Crippen LogP contribution in [0.15, 0.2) is 78.9 Å². The second-order valence-electron chi connectivity index (χ2n) is 8.42. The minimum atomic E-state index is -0.271. The molecule has 1 heterocycles. The molecule has 0 unspecified atom stereocenters. The smallest absolute Gasteiger partial charge is 0.298 e. The first-order valence-corrected chi connectivity index (χ1v) is 12.1.